The van der Waals surface area contributed by atoms with Crippen LogP contribution in [-0.2, 0) is 0 Å². The van der Waals surface area contributed by atoms with Crippen molar-refractivity contribution in [3.8, 4) is 18.0 Å². The van der Waals surface area contributed by atoms with Gasteiger partial charge in [0.15, 0.2) is 0 Å². The van der Waals surface area contributed by atoms with Crippen LogP contribution in [0.3, 0.4) is 0 Å². The van der Waals surface area contributed by atoms with E-state index >= 15 is 0 Å². The van der Waals surface area contributed by atoms with Crippen LogP contribution in [0.25, 0.3) is 0 Å². The molecule has 60 valence electrons. The minimum atomic E-state index is -0.841. The van der Waals surface area contributed by atoms with Crippen molar-refractivity contribution in [2.75, 3.05) is 0 Å². The SMILES string of the molecule is [K+].[O-]c1nc(OCl)nc(OCl)n1. The summed E-state index contributed by atoms with van der Waals surface area (Å²) in [6, 6.07) is -1.56. The first-order chi connectivity index (χ1) is 5.26. The molecule has 0 spiro atoms. The minimum Gasteiger partial charge on any atom is -0.844 e. The number of nitrogens with zero attached hydrogens (tertiary/aromatic N) is 3. The van der Waals surface area contributed by atoms with Gasteiger partial charge in [-0.25, -0.2) is 0 Å². The zero-order chi connectivity index (χ0) is 8.27. The van der Waals surface area contributed by atoms with Crippen molar-refractivity contribution in [1.82, 2.24) is 15.0 Å². The first-order valence-corrected chi connectivity index (χ1v) is 2.88. The topological polar surface area (TPSA) is 80.2 Å². The molecule has 0 aliphatic carbocycles. The van der Waals surface area contributed by atoms with Gasteiger partial charge in [-0.2, -0.15) is 9.97 Å². The number of hydrogen-bond acceptors (Lipinski definition) is 6. The Hall–Kier alpha value is 0.626. The van der Waals surface area contributed by atoms with Gasteiger partial charge >= 0.3 is 63.4 Å². The van der Waals surface area contributed by atoms with Crippen molar-refractivity contribution in [1.29, 1.82) is 0 Å². The molecule has 0 N–H and O–H groups in total. The van der Waals surface area contributed by atoms with Crippen LogP contribution in [0.1, 0.15) is 0 Å². The summed E-state index contributed by atoms with van der Waals surface area (Å²) in [4.78, 5) is 9.60. The maximum absolute atomic E-state index is 10.5. The molecule has 1 rings (SSSR count). The number of aromatic nitrogens is 3. The molecule has 0 saturated heterocycles. The molecule has 6 nitrogen and oxygen atoms in total. The molecule has 0 saturated carbocycles. The second-order valence-corrected chi connectivity index (χ2v) is 1.65. The molecule has 0 amide bonds. The van der Waals surface area contributed by atoms with E-state index in [4.69, 9.17) is 23.7 Å². The van der Waals surface area contributed by atoms with Gasteiger partial charge in [-0.3, -0.25) is 0 Å². The molecule has 0 atom stereocenters. The number of hydrogen-bond donors (Lipinski definition) is 0. The molecule has 0 unspecified atom stereocenters. The Morgan fingerprint density at radius 1 is 1.00 bits per heavy atom. The Morgan fingerprint density at radius 2 is 1.42 bits per heavy atom. The van der Waals surface area contributed by atoms with E-state index in [1.807, 2.05) is 0 Å². The summed E-state index contributed by atoms with van der Waals surface area (Å²) >= 11 is 9.68. The molecule has 0 fully saturated rings. The van der Waals surface area contributed by atoms with Crippen molar-refractivity contribution >= 4 is 23.7 Å². The Balaban J connectivity index is 0.00000121. The number of halogens is 2. The van der Waals surface area contributed by atoms with Gasteiger partial charge in [0.2, 0.25) is 0 Å². The molecule has 9 heteroatoms. The summed E-state index contributed by atoms with van der Waals surface area (Å²) in [5.41, 5.74) is 0. The Labute approximate surface area is 120 Å². The first kappa shape index (κ1) is 12.6. The molecule has 0 aliphatic heterocycles. The van der Waals surface area contributed by atoms with E-state index in [9.17, 15) is 5.11 Å². The van der Waals surface area contributed by atoms with Crippen molar-refractivity contribution < 1.29 is 65.1 Å². The van der Waals surface area contributed by atoms with Gasteiger partial charge in [0, 0.05) is 0 Å². The summed E-state index contributed by atoms with van der Waals surface area (Å²) in [7, 11) is 0. The maximum Gasteiger partial charge on any atom is 1.00 e. The van der Waals surface area contributed by atoms with E-state index in [1.54, 1.807) is 0 Å². The van der Waals surface area contributed by atoms with Gasteiger partial charge in [-0.1, -0.05) is 0 Å². The molecular formula is C3Cl2KN3O3. The van der Waals surface area contributed by atoms with Crippen LogP contribution < -0.4 is 65.1 Å². The summed E-state index contributed by atoms with van der Waals surface area (Å²) in [6.07, 6.45) is 0. The van der Waals surface area contributed by atoms with E-state index in [0.29, 0.717) is 0 Å². The third kappa shape index (κ3) is 3.56. The van der Waals surface area contributed by atoms with Gasteiger partial charge in [-0.15, -0.1) is 4.98 Å². The van der Waals surface area contributed by atoms with Gasteiger partial charge in [0.25, 0.3) is 0 Å². The molecule has 0 bridgehead atoms. The van der Waals surface area contributed by atoms with E-state index in [2.05, 4.69) is 23.5 Å². The quantitative estimate of drug-likeness (QED) is 0.509. The smallest absolute Gasteiger partial charge is 0.844 e. The number of rotatable bonds is 2. The van der Waals surface area contributed by atoms with E-state index in [-0.39, 0.29) is 63.4 Å². The standard InChI is InChI=1S/C3HCl2N3O3.K/c4-10-2-6-1(9)7-3(8-2)11-5;/h(H,6,7,8,9);/q;+1/p-1. The normalized spacial score (nSPS) is 8.50. The average molecular weight is 236 g/mol. The van der Waals surface area contributed by atoms with Gasteiger partial charge in [-0.05, 0) is 0 Å². The van der Waals surface area contributed by atoms with Crippen molar-refractivity contribution in [3.05, 3.63) is 0 Å². The van der Waals surface area contributed by atoms with E-state index < -0.39 is 6.01 Å². The molecule has 12 heavy (non-hydrogen) atoms. The fourth-order valence-electron chi connectivity index (χ4n) is 0.389. The predicted octanol–water partition coefficient (Wildman–Crippen LogP) is -2.99. The molecule has 1 heterocycles. The molecule has 1 aromatic rings. The van der Waals surface area contributed by atoms with Crippen molar-refractivity contribution in [3.63, 3.8) is 0 Å². The molecule has 0 aromatic carbocycles. The van der Waals surface area contributed by atoms with E-state index in [1.165, 1.54) is 0 Å². The van der Waals surface area contributed by atoms with Crippen LogP contribution in [0.4, 0.5) is 0 Å². The van der Waals surface area contributed by atoms with Crippen LogP contribution >= 0.6 is 23.7 Å². The van der Waals surface area contributed by atoms with Crippen LogP contribution in [0.2, 0.25) is 0 Å². The molecule has 0 radical (unpaired) electrons. The zero-order valence-corrected chi connectivity index (χ0v) is 10.5. The second kappa shape index (κ2) is 6.14. The monoisotopic (exact) mass is 235 g/mol. The Bertz CT molecular complexity index is 240. The fourth-order valence-corrected chi connectivity index (χ4v) is 0.527. The maximum atomic E-state index is 10.5. The third-order valence-corrected chi connectivity index (χ3v) is 0.988. The Morgan fingerprint density at radius 3 is 1.75 bits per heavy atom. The van der Waals surface area contributed by atoms with Crippen LogP contribution in [-0.4, -0.2) is 15.0 Å². The van der Waals surface area contributed by atoms with Gasteiger partial charge in [0.05, 0.1) is 6.01 Å². The molecule has 1 aromatic heterocycles. The van der Waals surface area contributed by atoms with Crippen LogP contribution in [0.5, 0.6) is 18.0 Å². The fraction of sp³-hybridized carbons (Fsp3) is 0. The van der Waals surface area contributed by atoms with E-state index in [0.717, 1.165) is 0 Å². The molecule has 0 aliphatic rings. The second-order valence-electron chi connectivity index (χ2n) is 1.34. The van der Waals surface area contributed by atoms with Crippen LogP contribution in [0, 0.1) is 0 Å². The third-order valence-electron chi connectivity index (χ3n) is 0.712. The largest absolute Gasteiger partial charge is 1.00 e. The van der Waals surface area contributed by atoms with Crippen molar-refractivity contribution in [2.24, 2.45) is 0 Å². The molecular weight excluding hydrogens is 236 g/mol. The van der Waals surface area contributed by atoms with Crippen LogP contribution in [0.15, 0.2) is 0 Å². The zero-order valence-electron chi connectivity index (χ0n) is 5.82. The summed E-state index contributed by atoms with van der Waals surface area (Å²) in [5.74, 6) is 0. The summed E-state index contributed by atoms with van der Waals surface area (Å²) < 4.78 is 8.02. The predicted molar refractivity (Wildman–Crippen MR) is 32.2 cm³/mol. The first-order valence-electron chi connectivity index (χ1n) is 2.26. The summed E-state index contributed by atoms with van der Waals surface area (Å²) in [5, 5.41) is 10.5. The summed E-state index contributed by atoms with van der Waals surface area (Å²) in [6.45, 7) is 0. The Kier molecular flexibility index (Phi) is 6.46. The minimum absolute atomic E-state index is 0. The van der Waals surface area contributed by atoms with Crippen molar-refractivity contribution in [2.45, 2.75) is 0 Å². The van der Waals surface area contributed by atoms with Gasteiger partial charge in [0.1, 0.15) is 23.7 Å². The van der Waals surface area contributed by atoms with Gasteiger partial charge < -0.3 is 13.7 Å². The average Bonchev–Trinajstić information content (AvgIpc) is 2.03.